The number of piperidine rings is 1. The van der Waals surface area contributed by atoms with E-state index >= 15 is 0 Å². The standard InChI is InChI=1S/C22H31N5O/c28-22(20-9-4-10-23-20)25-14-19-8-5-12-26(15-19)17-21-24-11-13-27(21)16-18-6-2-1-3-7-18/h1-3,6-7,11,13,19-20,23H,4-5,8-10,12,14-17H2,(H,25,28). The molecule has 28 heavy (non-hydrogen) atoms. The highest BCUT2D eigenvalue weighted by Gasteiger charge is 2.25. The number of nitrogens with one attached hydrogen (secondary N) is 2. The first-order valence-electron chi connectivity index (χ1n) is 10.6. The first-order valence-corrected chi connectivity index (χ1v) is 10.6. The summed E-state index contributed by atoms with van der Waals surface area (Å²) in [5.74, 6) is 1.81. The lowest BCUT2D eigenvalue weighted by Gasteiger charge is -2.32. The van der Waals surface area contributed by atoms with Crippen LogP contribution in [0.5, 0.6) is 0 Å². The molecule has 2 atom stereocenters. The fraction of sp³-hybridized carbons (Fsp3) is 0.545. The number of benzene rings is 1. The molecule has 2 saturated heterocycles. The van der Waals surface area contributed by atoms with Crippen LogP contribution in [0.4, 0.5) is 0 Å². The van der Waals surface area contributed by atoms with Crippen LogP contribution in [-0.2, 0) is 17.9 Å². The van der Waals surface area contributed by atoms with Crippen molar-refractivity contribution in [1.82, 2.24) is 25.1 Å². The van der Waals surface area contributed by atoms with E-state index in [0.717, 1.165) is 57.9 Å². The predicted molar refractivity (Wildman–Crippen MR) is 110 cm³/mol. The number of aromatic nitrogens is 2. The molecule has 150 valence electrons. The molecule has 1 aromatic carbocycles. The van der Waals surface area contributed by atoms with E-state index in [1.807, 2.05) is 12.3 Å². The number of nitrogens with zero attached hydrogens (tertiary/aromatic N) is 3. The van der Waals surface area contributed by atoms with E-state index in [4.69, 9.17) is 0 Å². The topological polar surface area (TPSA) is 62.2 Å². The van der Waals surface area contributed by atoms with Gasteiger partial charge in [-0.25, -0.2) is 4.98 Å². The van der Waals surface area contributed by atoms with E-state index in [-0.39, 0.29) is 11.9 Å². The normalized spacial score (nSPS) is 23.0. The number of rotatable bonds is 7. The Bertz CT molecular complexity index is 753. The Balaban J connectivity index is 1.28. The number of carbonyl (C=O) groups excluding carboxylic acids is 1. The Morgan fingerprint density at radius 2 is 2.07 bits per heavy atom. The number of hydrogen-bond donors (Lipinski definition) is 2. The van der Waals surface area contributed by atoms with Gasteiger partial charge >= 0.3 is 0 Å². The zero-order chi connectivity index (χ0) is 19.2. The highest BCUT2D eigenvalue weighted by Crippen LogP contribution is 2.18. The monoisotopic (exact) mass is 381 g/mol. The average Bonchev–Trinajstić information content (AvgIpc) is 3.40. The summed E-state index contributed by atoms with van der Waals surface area (Å²) in [6, 6.07) is 10.5. The Morgan fingerprint density at radius 3 is 2.89 bits per heavy atom. The van der Waals surface area contributed by atoms with Crippen LogP contribution in [0, 0.1) is 5.92 Å². The van der Waals surface area contributed by atoms with Gasteiger partial charge in [0.1, 0.15) is 5.82 Å². The molecule has 0 radical (unpaired) electrons. The van der Waals surface area contributed by atoms with Gasteiger partial charge in [-0.05, 0) is 50.3 Å². The SMILES string of the molecule is O=C(NCC1CCCN(Cc2nccn2Cc2ccccc2)C1)C1CCCN1. The molecule has 2 unspecified atom stereocenters. The van der Waals surface area contributed by atoms with Crippen LogP contribution in [0.15, 0.2) is 42.7 Å². The van der Waals surface area contributed by atoms with Gasteiger partial charge in [-0.3, -0.25) is 9.69 Å². The van der Waals surface area contributed by atoms with Crippen LogP contribution in [0.3, 0.4) is 0 Å². The smallest absolute Gasteiger partial charge is 0.237 e. The van der Waals surface area contributed by atoms with Crippen molar-refractivity contribution >= 4 is 5.91 Å². The summed E-state index contributed by atoms with van der Waals surface area (Å²) in [5.41, 5.74) is 1.29. The zero-order valence-corrected chi connectivity index (χ0v) is 16.5. The second-order valence-electron chi connectivity index (χ2n) is 8.09. The summed E-state index contributed by atoms with van der Waals surface area (Å²) in [4.78, 5) is 19.3. The highest BCUT2D eigenvalue weighted by atomic mass is 16.2. The minimum absolute atomic E-state index is 0.0187. The molecular weight excluding hydrogens is 350 g/mol. The van der Waals surface area contributed by atoms with Crippen molar-refractivity contribution in [3.63, 3.8) is 0 Å². The van der Waals surface area contributed by atoms with Crippen molar-refractivity contribution in [3.8, 4) is 0 Å². The van der Waals surface area contributed by atoms with Gasteiger partial charge in [0.15, 0.2) is 0 Å². The van der Waals surface area contributed by atoms with Crippen LogP contribution >= 0.6 is 0 Å². The van der Waals surface area contributed by atoms with Crippen LogP contribution < -0.4 is 10.6 Å². The van der Waals surface area contributed by atoms with Gasteiger partial charge < -0.3 is 15.2 Å². The lowest BCUT2D eigenvalue weighted by atomic mass is 9.98. The minimum Gasteiger partial charge on any atom is -0.354 e. The Morgan fingerprint density at radius 1 is 1.18 bits per heavy atom. The van der Waals surface area contributed by atoms with E-state index in [0.29, 0.717) is 5.92 Å². The second kappa shape index (κ2) is 9.34. The van der Waals surface area contributed by atoms with E-state index < -0.39 is 0 Å². The third-order valence-corrected chi connectivity index (χ3v) is 5.91. The summed E-state index contributed by atoms with van der Waals surface area (Å²) in [6.45, 7) is 5.60. The van der Waals surface area contributed by atoms with Crippen LogP contribution in [0.25, 0.3) is 0 Å². The van der Waals surface area contributed by atoms with Gasteiger partial charge in [0, 0.05) is 32.0 Å². The molecule has 2 aliphatic rings. The summed E-state index contributed by atoms with van der Waals surface area (Å²) >= 11 is 0. The van der Waals surface area contributed by atoms with Crippen molar-refractivity contribution in [1.29, 1.82) is 0 Å². The third-order valence-electron chi connectivity index (χ3n) is 5.91. The quantitative estimate of drug-likeness (QED) is 0.770. The first kappa shape index (κ1) is 19.2. The second-order valence-corrected chi connectivity index (χ2v) is 8.09. The van der Waals surface area contributed by atoms with E-state index in [9.17, 15) is 4.79 Å². The molecule has 4 rings (SSSR count). The van der Waals surface area contributed by atoms with Crippen molar-refractivity contribution in [2.75, 3.05) is 26.2 Å². The molecule has 0 bridgehead atoms. The first-order chi connectivity index (χ1) is 13.8. The molecule has 2 N–H and O–H groups in total. The van der Waals surface area contributed by atoms with Gasteiger partial charge in [0.2, 0.25) is 5.91 Å². The van der Waals surface area contributed by atoms with Gasteiger partial charge in [-0.1, -0.05) is 30.3 Å². The van der Waals surface area contributed by atoms with Crippen molar-refractivity contribution < 1.29 is 4.79 Å². The van der Waals surface area contributed by atoms with Gasteiger partial charge in [-0.2, -0.15) is 0 Å². The number of imidazole rings is 1. The van der Waals surface area contributed by atoms with Crippen LogP contribution in [0.2, 0.25) is 0 Å². The number of hydrogen-bond acceptors (Lipinski definition) is 4. The summed E-state index contributed by atoms with van der Waals surface area (Å²) < 4.78 is 2.24. The maximum atomic E-state index is 12.2. The van der Waals surface area contributed by atoms with E-state index in [2.05, 4.69) is 55.5 Å². The predicted octanol–water partition coefficient (Wildman–Crippen LogP) is 2.01. The molecule has 0 saturated carbocycles. The molecule has 2 fully saturated rings. The fourth-order valence-corrected chi connectivity index (χ4v) is 4.35. The molecule has 1 aromatic heterocycles. The highest BCUT2D eigenvalue weighted by molar-refractivity contribution is 5.81. The Kier molecular flexibility index (Phi) is 6.39. The average molecular weight is 382 g/mol. The third kappa shape index (κ3) is 5.00. The maximum absolute atomic E-state index is 12.2. The lowest BCUT2D eigenvalue weighted by Crippen LogP contribution is -2.45. The summed E-state index contributed by atoms with van der Waals surface area (Å²) in [5, 5.41) is 6.44. The molecule has 2 aromatic rings. The van der Waals surface area contributed by atoms with Crippen LogP contribution in [-0.4, -0.2) is 52.6 Å². The van der Waals surface area contributed by atoms with E-state index in [1.165, 1.54) is 18.4 Å². The van der Waals surface area contributed by atoms with Crippen molar-refractivity contribution in [2.45, 2.75) is 44.8 Å². The van der Waals surface area contributed by atoms with Gasteiger partial charge in [-0.15, -0.1) is 0 Å². The molecule has 0 spiro atoms. The Hall–Kier alpha value is -2.18. The van der Waals surface area contributed by atoms with Crippen LogP contribution in [0.1, 0.15) is 37.1 Å². The zero-order valence-electron chi connectivity index (χ0n) is 16.5. The van der Waals surface area contributed by atoms with Gasteiger partial charge in [0.05, 0.1) is 12.6 Å². The Labute approximate surface area is 167 Å². The molecule has 6 nitrogen and oxygen atoms in total. The maximum Gasteiger partial charge on any atom is 0.237 e. The lowest BCUT2D eigenvalue weighted by molar-refractivity contribution is -0.123. The fourth-order valence-electron chi connectivity index (χ4n) is 4.35. The molecular formula is C22H31N5O. The van der Waals surface area contributed by atoms with Crippen molar-refractivity contribution in [3.05, 3.63) is 54.1 Å². The molecule has 3 heterocycles. The number of likely N-dealkylation sites (tertiary alicyclic amines) is 1. The summed E-state index contributed by atoms with van der Waals surface area (Å²) in [7, 11) is 0. The molecule has 6 heteroatoms. The number of amides is 1. The largest absolute Gasteiger partial charge is 0.354 e. The van der Waals surface area contributed by atoms with E-state index in [1.54, 1.807) is 0 Å². The minimum atomic E-state index is 0.0187. The molecule has 0 aliphatic carbocycles. The molecule has 1 amide bonds. The van der Waals surface area contributed by atoms with Crippen molar-refractivity contribution in [2.24, 2.45) is 5.92 Å². The number of carbonyl (C=O) groups is 1. The summed E-state index contributed by atoms with van der Waals surface area (Å²) in [6.07, 6.45) is 8.40. The molecule has 2 aliphatic heterocycles. The van der Waals surface area contributed by atoms with Gasteiger partial charge in [0.25, 0.3) is 0 Å².